The molecule has 1 aliphatic rings. The zero-order chi connectivity index (χ0) is 19.0. The van der Waals surface area contributed by atoms with Crippen molar-refractivity contribution in [1.29, 1.82) is 0 Å². The summed E-state index contributed by atoms with van der Waals surface area (Å²) in [5.41, 5.74) is 6.22. The Balaban J connectivity index is 1.60. The second-order valence-corrected chi connectivity index (χ2v) is 6.23. The molecule has 2 aromatic heterocycles. The fourth-order valence-electron chi connectivity index (χ4n) is 3.13. The Kier molecular flexibility index (Phi) is 4.31. The number of nitrogens with zero attached hydrogens (tertiary/aromatic N) is 4. The number of fused-ring (bicyclic) bond motifs is 1. The summed E-state index contributed by atoms with van der Waals surface area (Å²) in [4.78, 5) is 14.7. The largest absolute Gasteiger partial charge is 0.416 e. The molecule has 3 aromatic rings. The lowest BCUT2D eigenvalue weighted by Gasteiger charge is -2.34. The van der Waals surface area contributed by atoms with Crippen LogP contribution in [0.2, 0.25) is 0 Å². The number of hydrogen-bond acceptors (Lipinski definition) is 6. The third kappa shape index (κ3) is 3.50. The van der Waals surface area contributed by atoms with E-state index in [-0.39, 0.29) is 6.10 Å². The summed E-state index contributed by atoms with van der Waals surface area (Å²) in [5, 5.41) is 0.764. The maximum atomic E-state index is 12.8. The lowest BCUT2D eigenvalue weighted by atomic mass is 10.0. The molecule has 0 saturated carbocycles. The molecule has 0 spiro atoms. The summed E-state index contributed by atoms with van der Waals surface area (Å²) in [7, 11) is 0. The number of aromatic nitrogens is 3. The fraction of sp³-hybridized carbons (Fsp3) is 0.278. The Hall–Kier alpha value is -2.94. The highest BCUT2D eigenvalue weighted by Gasteiger charge is 2.31. The third-order valence-electron chi connectivity index (χ3n) is 4.47. The molecule has 27 heavy (non-hydrogen) atoms. The van der Waals surface area contributed by atoms with Gasteiger partial charge in [0.2, 0.25) is 0 Å². The van der Waals surface area contributed by atoms with Gasteiger partial charge in [-0.2, -0.15) is 13.2 Å². The van der Waals surface area contributed by atoms with Gasteiger partial charge in [-0.25, -0.2) is 15.0 Å². The number of alkyl halides is 3. The second-order valence-electron chi connectivity index (χ2n) is 6.23. The Morgan fingerprint density at radius 3 is 2.59 bits per heavy atom. The molecule has 1 aromatic carbocycles. The Bertz CT molecular complexity index is 961. The number of ether oxygens (including phenoxy) is 1. The molecular formula is C18H16F3N5O. The van der Waals surface area contributed by atoms with Gasteiger partial charge in [-0.05, 0) is 29.8 Å². The van der Waals surface area contributed by atoms with Gasteiger partial charge < -0.3 is 15.4 Å². The number of hydrogen-bond donors (Lipinski definition) is 1. The van der Waals surface area contributed by atoms with Gasteiger partial charge in [-0.15, -0.1) is 0 Å². The molecule has 9 heteroatoms. The van der Waals surface area contributed by atoms with Crippen molar-refractivity contribution in [2.75, 3.05) is 30.3 Å². The normalized spacial score (nSPS) is 18.0. The van der Waals surface area contributed by atoms with Crippen LogP contribution in [0.3, 0.4) is 0 Å². The topological polar surface area (TPSA) is 77.2 Å². The molecule has 6 nitrogen and oxygen atoms in total. The number of rotatable bonds is 2. The molecule has 1 saturated heterocycles. The van der Waals surface area contributed by atoms with Crippen molar-refractivity contribution in [3.63, 3.8) is 0 Å². The van der Waals surface area contributed by atoms with Crippen LogP contribution in [-0.2, 0) is 10.9 Å². The molecule has 0 amide bonds. The van der Waals surface area contributed by atoms with Crippen LogP contribution in [0.1, 0.15) is 17.2 Å². The van der Waals surface area contributed by atoms with Crippen molar-refractivity contribution in [1.82, 2.24) is 15.0 Å². The minimum atomic E-state index is -4.35. The highest BCUT2D eigenvalue weighted by atomic mass is 19.4. The molecular weight excluding hydrogens is 359 g/mol. The van der Waals surface area contributed by atoms with Gasteiger partial charge in [-0.3, -0.25) is 0 Å². The predicted molar refractivity (Wildman–Crippen MR) is 94.1 cm³/mol. The first-order chi connectivity index (χ1) is 12.9. The van der Waals surface area contributed by atoms with E-state index < -0.39 is 11.7 Å². The summed E-state index contributed by atoms with van der Waals surface area (Å²) < 4.78 is 44.0. The van der Waals surface area contributed by atoms with E-state index in [1.807, 2.05) is 11.0 Å². The Labute approximate surface area is 152 Å². The summed E-state index contributed by atoms with van der Waals surface area (Å²) in [6.07, 6.45) is -3.29. The van der Waals surface area contributed by atoms with E-state index in [1.165, 1.54) is 18.5 Å². The van der Waals surface area contributed by atoms with Crippen molar-refractivity contribution in [3.8, 4) is 0 Å². The van der Waals surface area contributed by atoms with Gasteiger partial charge in [-0.1, -0.05) is 12.1 Å². The number of anilines is 2. The van der Waals surface area contributed by atoms with E-state index in [0.717, 1.165) is 17.5 Å². The zero-order valence-corrected chi connectivity index (χ0v) is 14.1. The number of nitrogen functional groups attached to an aromatic ring is 1. The van der Waals surface area contributed by atoms with Crippen molar-refractivity contribution in [3.05, 3.63) is 53.9 Å². The van der Waals surface area contributed by atoms with Crippen LogP contribution >= 0.6 is 0 Å². The van der Waals surface area contributed by atoms with Gasteiger partial charge >= 0.3 is 6.18 Å². The molecule has 1 unspecified atom stereocenters. The Morgan fingerprint density at radius 1 is 1.07 bits per heavy atom. The van der Waals surface area contributed by atoms with Gasteiger partial charge in [0.05, 0.1) is 17.6 Å². The minimum absolute atomic E-state index is 0.354. The van der Waals surface area contributed by atoms with E-state index in [2.05, 4.69) is 15.0 Å². The molecule has 140 valence electrons. The average molecular weight is 375 g/mol. The molecule has 1 aliphatic heterocycles. The number of pyridine rings is 1. The Morgan fingerprint density at radius 2 is 1.85 bits per heavy atom. The monoisotopic (exact) mass is 375 g/mol. The quantitative estimate of drug-likeness (QED) is 0.741. The van der Waals surface area contributed by atoms with Gasteiger partial charge in [0.1, 0.15) is 24.1 Å². The molecule has 0 bridgehead atoms. The van der Waals surface area contributed by atoms with Crippen LogP contribution in [0.4, 0.5) is 24.8 Å². The van der Waals surface area contributed by atoms with Crippen LogP contribution in [0, 0.1) is 0 Å². The third-order valence-corrected chi connectivity index (χ3v) is 4.47. The first-order valence-electron chi connectivity index (χ1n) is 8.33. The number of morpholine rings is 1. The van der Waals surface area contributed by atoms with Crippen LogP contribution in [0.15, 0.2) is 42.7 Å². The first-order valence-corrected chi connectivity index (χ1v) is 8.33. The molecule has 2 N–H and O–H groups in total. The number of halogens is 3. The first kappa shape index (κ1) is 17.5. The number of nitrogens with two attached hydrogens (primary N) is 1. The molecule has 0 aliphatic carbocycles. The van der Waals surface area contributed by atoms with Crippen LogP contribution < -0.4 is 10.6 Å². The molecule has 4 rings (SSSR count). The van der Waals surface area contributed by atoms with Crippen LogP contribution in [-0.4, -0.2) is 34.6 Å². The summed E-state index contributed by atoms with van der Waals surface area (Å²) in [6, 6.07) is 8.56. The number of benzene rings is 1. The molecule has 3 heterocycles. The smallest absolute Gasteiger partial charge is 0.384 e. The molecule has 1 atom stereocenters. The van der Waals surface area contributed by atoms with Crippen LogP contribution in [0.5, 0.6) is 0 Å². The zero-order valence-electron chi connectivity index (χ0n) is 14.1. The van der Waals surface area contributed by atoms with Gasteiger partial charge in [0.25, 0.3) is 0 Å². The summed E-state index contributed by atoms with van der Waals surface area (Å²) in [6.45, 7) is 1.50. The summed E-state index contributed by atoms with van der Waals surface area (Å²) >= 11 is 0. The highest BCUT2D eigenvalue weighted by Crippen LogP contribution is 2.32. The van der Waals surface area contributed by atoms with Gasteiger partial charge in [0, 0.05) is 13.1 Å². The van der Waals surface area contributed by atoms with Crippen molar-refractivity contribution in [2.45, 2.75) is 12.3 Å². The van der Waals surface area contributed by atoms with Crippen molar-refractivity contribution >= 4 is 22.7 Å². The van der Waals surface area contributed by atoms with E-state index in [1.54, 1.807) is 6.07 Å². The van der Waals surface area contributed by atoms with Crippen molar-refractivity contribution < 1.29 is 17.9 Å². The highest BCUT2D eigenvalue weighted by molar-refractivity contribution is 5.87. The lowest BCUT2D eigenvalue weighted by molar-refractivity contribution is -0.137. The van der Waals surface area contributed by atoms with E-state index >= 15 is 0 Å². The molecule has 0 radical (unpaired) electrons. The standard InChI is InChI=1S/C18H16F3N5O/c19-18(20,21)12-3-1-11(2-4-12)14-9-26(7-8-27-14)17-13-5-6-15(22)25-16(13)23-10-24-17/h1-6,10,14H,7-9H2,(H2,22,23,24,25). The van der Waals surface area contributed by atoms with Crippen LogP contribution in [0.25, 0.3) is 11.0 Å². The second kappa shape index (κ2) is 6.66. The molecule has 1 fully saturated rings. The fourth-order valence-corrected chi connectivity index (χ4v) is 3.13. The average Bonchev–Trinajstić information content (AvgIpc) is 2.67. The minimum Gasteiger partial charge on any atom is -0.384 e. The lowest BCUT2D eigenvalue weighted by Crippen LogP contribution is -2.39. The van der Waals surface area contributed by atoms with E-state index in [9.17, 15) is 13.2 Å². The SMILES string of the molecule is Nc1ccc2c(N3CCOC(c4ccc(C(F)(F)F)cc4)C3)ncnc2n1. The van der Waals surface area contributed by atoms with E-state index in [0.29, 0.717) is 42.5 Å². The maximum Gasteiger partial charge on any atom is 0.416 e. The van der Waals surface area contributed by atoms with E-state index in [4.69, 9.17) is 10.5 Å². The van der Waals surface area contributed by atoms with Gasteiger partial charge in [0.15, 0.2) is 5.65 Å². The predicted octanol–water partition coefficient (Wildman–Crippen LogP) is 3.20. The summed E-state index contributed by atoms with van der Waals surface area (Å²) in [5.74, 6) is 1.07. The van der Waals surface area contributed by atoms with Crippen molar-refractivity contribution in [2.24, 2.45) is 0 Å². The maximum absolute atomic E-state index is 12.8.